The first kappa shape index (κ1) is 20.8. The van der Waals surface area contributed by atoms with Crippen molar-refractivity contribution in [3.05, 3.63) is 69.8 Å². The Labute approximate surface area is 181 Å². The van der Waals surface area contributed by atoms with Crippen LogP contribution in [0.5, 0.6) is 11.5 Å². The molecule has 0 heterocycles. The fourth-order valence-corrected chi connectivity index (χ4v) is 5.37. The average molecular weight is 403 g/mol. The van der Waals surface area contributed by atoms with E-state index in [4.69, 9.17) is 0 Å². The fraction of sp³-hybridized carbons (Fsp3) is 0.429. The van der Waals surface area contributed by atoms with Crippen molar-refractivity contribution in [2.24, 2.45) is 11.8 Å². The van der Waals surface area contributed by atoms with Gasteiger partial charge in [-0.15, -0.1) is 0 Å². The van der Waals surface area contributed by atoms with Gasteiger partial charge in [0, 0.05) is 0 Å². The van der Waals surface area contributed by atoms with Crippen LogP contribution in [0.2, 0.25) is 0 Å². The summed E-state index contributed by atoms with van der Waals surface area (Å²) in [6.45, 7) is 7.95. The molecule has 0 aromatic heterocycles. The predicted octanol–water partition coefficient (Wildman–Crippen LogP) is 7.40. The molecule has 0 amide bonds. The Morgan fingerprint density at radius 1 is 0.600 bits per heavy atom. The van der Waals surface area contributed by atoms with Crippen LogP contribution in [0.25, 0.3) is 11.1 Å². The summed E-state index contributed by atoms with van der Waals surface area (Å²) in [5, 5.41) is 20.1. The third-order valence-electron chi connectivity index (χ3n) is 7.29. The van der Waals surface area contributed by atoms with Gasteiger partial charge < -0.3 is 10.2 Å². The molecule has 2 aromatic carbocycles. The number of phenols is 2. The largest absolute Gasteiger partial charge is 0.507 e. The molecule has 2 heteroatoms. The first-order chi connectivity index (χ1) is 14.3. The van der Waals surface area contributed by atoms with E-state index in [9.17, 15) is 10.2 Å². The standard InChI is InChI=1S/C28H34O2/c1-17-13-25(14-18(2)27(17)29)23-9-5-21(6-10-23)22-7-11-24(12-8-22)26-15-19(3)28(30)20(4)16-26/h9,11,13-16,21-22,29-30H,5-8,10,12H2,1-4H3. The summed E-state index contributed by atoms with van der Waals surface area (Å²) in [7, 11) is 0. The Morgan fingerprint density at radius 2 is 0.933 bits per heavy atom. The molecule has 2 atom stereocenters. The topological polar surface area (TPSA) is 40.5 Å². The average Bonchev–Trinajstić information content (AvgIpc) is 2.75. The van der Waals surface area contributed by atoms with Crippen LogP contribution in [0, 0.1) is 39.5 Å². The highest BCUT2D eigenvalue weighted by atomic mass is 16.3. The van der Waals surface area contributed by atoms with Crippen LogP contribution >= 0.6 is 0 Å². The highest BCUT2D eigenvalue weighted by Gasteiger charge is 2.26. The van der Waals surface area contributed by atoms with Crippen molar-refractivity contribution in [3.8, 4) is 11.5 Å². The molecule has 2 nitrogen and oxygen atoms in total. The van der Waals surface area contributed by atoms with Crippen molar-refractivity contribution in [2.45, 2.75) is 66.2 Å². The Balaban J connectivity index is 1.43. The smallest absolute Gasteiger partial charge is 0.121 e. The van der Waals surface area contributed by atoms with E-state index in [1.807, 2.05) is 27.7 Å². The van der Waals surface area contributed by atoms with E-state index in [0.717, 1.165) is 46.9 Å². The summed E-state index contributed by atoms with van der Waals surface area (Å²) in [5.74, 6) is 2.40. The number of phenolic OH excluding ortho intramolecular Hbond substituents is 2. The van der Waals surface area contributed by atoms with Crippen molar-refractivity contribution in [1.29, 1.82) is 0 Å². The van der Waals surface area contributed by atoms with Crippen molar-refractivity contribution < 1.29 is 10.2 Å². The number of hydrogen-bond donors (Lipinski definition) is 2. The van der Waals surface area contributed by atoms with Gasteiger partial charge in [-0.05, 0) is 147 Å². The maximum absolute atomic E-state index is 10.1. The van der Waals surface area contributed by atoms with Crippen LogP contribution < -0.4 is 0 Å². The minimum Gasteiger partial charge on any atom is -0.507 e. The van der Waals surface area contributed by atoms with E-state index < -0.39 is 0 Å². The molecule has 2 N–H and O–H groups in total. The lowest BCUT2D eigenvalue weighted by molar-refractivity contribution is 0.292. The zero-order chi connectivity index (χ0) is 21.4. The molecule has 2 aromatic rings. The lowest BCUT2D eigenvalue weighted by Crippen LogP contribution is -2.19. The van der Waals surface area contributed by atoms with Crippen LogP contribution in [0.15, 0.2) is 36.4 Å². The van der Waals surface area contributed by atoms with Crippen LogP contribution in [-0.2, 0) is 0 Å². The molecule has 0 fully saturated rings. The normalized spacial score (nSPS) is 21.9. The summed E-state index contributed by atoms with van der Waals surface area (Å²) in [4.78, 5) is 0. The number of aromatic hydroxyl groups is 2. The molecule has 2 aliphatic carbocycles. The fourth-order valence-electron chi connectivity index (χ4n) is 5.37. The molecule has 0 aliphatic heterocycles. The minimum atomic E-state index is 0.428. The quantitative estimate of drug-likeness (QED) is 0.561. The van der Waals surface area contributed by atoms with E-state index >= 15 is 0 Å². The van der Waals surface area contributed by atoms with E-state index in [-0.39, 0.29) is 0 Å². The number of hydrogen-bond acceptors (Lipinski definition) is 2. The Morgan fingerprint density at radius 3 is 1.20 bits per heavy atom. The molecular weight excluding hydrogens is 368 g/mol. The van der Waals surface area contributed by atoms with Gasteiger partial charge in [0.25, 0.3) is 0 Å². The maximum atomic E-state index is 10.1. The third-order valence-corrected chi connectivity index (χ3v) is 7.29. The van der Waals surface area contributed by atoms with Crippen LogP contribution in [0.4, 0.5) is 0 Å². The molecule has 30 heavy (non-hydrogen) atoms. The van der Waals surface area contributed by atoms with Crippen LogP contribution in [-0.4, -0.2) is 10.2 Å². The summed E-state index contributed by atoms with van der Waals surface area (Å²) >= 11 is 0. The van der Waals surface area contributed by atoms with Gasteiger partial charge in [-0.3, -0.25) is 0 Å². The van der Waals surface area contributed by atoms with E-state index in [2.05, 4.69) is 36.4 Å². The minimum absolute atomic E-state index is 0.428. The monoisotopic (exact) mass is 402 g/mol. The number of allylic oxidation sites excluding steroid dienone is 4. The molecule has 2 unspecified atom stereocenters. The lowest BCUT2D eigenvalue weighted by atomic mass is 9.73. The van der Waals surface area contributed by atoms with Crippen molar-refractivity contribution in [3.63, 3.8) is 0 Å². The van der Waals surface area contributed by atoms with Gasteiger partial charge in [0.1, 0.15) is 11.5 Å². The molecule has 0 saturated carbocycles. The third kappa shape index (κ3) is 4.05. The molecule has 4 rings (SSSR count). The second-order valence-electron chi connectivity index (χ2n) is 9.44. The Bertz CT molecular complexity index is 895. The number of rotatable bonds is 3. The molecule has 0 spiro atoms. The van der Waals surface area contributed by atoms with Gasteiger partial charge in [-0.1, -0.05) is 12.2 Å². The molecule has 0 radical (unpaired) electrons. The number of benzene rings is 2. The second kappa shape index (κ2) is 8.34. The van der Waals surface area contributed by atoms with Gasteiger partial charge in [-0.2, -0.15) is 0 Å². The van der Waals surface area contributed by atoms with Crippen molar-refractivity contribution >= 4 is 11.1 Å². The van der Waals surface area contributed by atoms with Gasteiger partial charge in [0.2, 0.25) is 0 Å². The summed E-state index contributed by atoms with van der Waals surface area (Å²) < 4.78 is 0. The first-order valence-electron chi connectivity index (χ1n) is 11.3. The molecule has 0 saturated heterocycles. The summed E-state index contributed by atoms with van der Waals surface area (Å²) in [6.07, 6.45) is 12.0. The van der Waals surface area contributed by atoms with Gasteiger partial charge in [0.05, 0.1) is 0 Å². The molecular formula is C28H34O2. The Kier molecular flexibility index (Phi) is 5.77. The predicted molar refractivity (Wildman–Crippen MR) is 126 cm³/mol. The lowest BCUT2D eigenvalue weighted by Gasteiger charge is -2.32. The summed E-state index contributed by atoms with van der Waals surface area (Å²) in [5.41, 5.74) is 9.33. The molecule has 2 aliphatic rings. The SMILES string of the molecule is Cc1cc(C2=CCC(C3CC=C(c4cc(C)c(O)c(C)c4)CC3)CC2)cc(C)c1O. The molecule has 158 valence electrons. The maximum Gasteiger partial charge on any atom is 0.121 e. The van der Waals surface area contributed by atoms with Crippen LogP contribution in [0.1, 0.15) is 71.9 Å². The van der Waals surface area contributed by atoms with Gasteiger partial charge in [0.15, 0.2) is 0 Å². The second-order valence-corrected chi connectivity index (χ2v) is 9.44. The van der Waals surface area contributed by atoms with E-state index in [0.29, 0.717) is 11.5 Å². The number of aryl methyl sites for hydroxylation is 4. The zero-order valence-corrected chi connectivity index (χ0v) is 18.8. The highest BCUT2D eigenvalue weighted by Crippen LogP contribution is 2.42. The van der Waals surface area contributed by atoms with Gasteiger partial charge >= 0.3 is 0 Å². The van der Waals surface area contributed by atoms with Crippen LogP contribution in [0.3, 0.4) is 0 Å². The Hall–Kier alpha value is -2.48. The van der Waals surface area contributed by atoms with E-state index in [1.54, 1.807) is 0 Å². The molecule has 0 bridgehead atoms. The highest BCUT2D eigenvalue weighted by molar-refractivity contribution is 5.70. The zero-order valence-electron chi connectivity index (χ0n) is 18.8. The summed E-state index contributed by atoms with van der Waals surface area (Å²) in [6, 6.07) is 8.52. The van der Waals surface area contributed by atoms with Gasteiger partial charge in [-0.25, -0.2) is 0 Å². The van der Waals surface area contributed by atoms with Crippen molar-refractivity contribution in [2.75, 3.05) is 0 Å². The van der Waals surface area contributed by atoms with Crippen molar-refractivity contribution in [1.82, 2.24) is 0 Å². The van der Waals surface area contributed by atoms with E-state index in [1.165, 1.54) is 48.0 Å². The first-order valence-corrected chi connectivity index (χ1v) is 11.3.